The van der Waals surface area contributed by atoms with Gasteiger partial charge in [-0.1, -0.05) is 236 Å². The van der Waals surface area contributed by atoms with Gasteiger partial charge in [-0.2, -0.15) is 0 Å². The number of benzene rings is 4. The van der Waals surface area contributed by atoms with Gasteiger partial charge in [0.1, 0.15) is 0 Å². The van der Waals surface area contributed by atoms with Crippen LogP contribution in [0.1, 0.15) is 80.8 Å². The predicted molar refractivity (Wildman–Crippen MR) is 314 cm³/mol. The van der Waals surface area contributed by atoms with Crippen LogP contribution in [0.5, 0.6) is 0 Å². The second-order valence-electron chi connectivity index (χ2n) is 23.8. The third-order valence-corrected chi connectivity index (χ3v) is 20.0. The van der Waals surface area contributed by atoms with Crippen LogP contribution in [-0.2, 0) is 0 Å². The Kier molecular flexibility index (Phi) is 11.5. The van der Waals surface area contributed by atoms with Gasteiger partial charge in [-0.15, -0.1) is 0 Å². The molecular weight excluding hydrogens is 903 g/mol. The summed E-state index contributed by atoms with van der Waals surface area (Å²) in [6, 6.07) is 33.1. The summed E-state index contributed by atoms with van der Waals surface area (Å²) in [6.07, 6.45) is 70.0. The molecule has 1 heteroatoms. The average molecular weight is 972 g/mol. The fraction of sp³-hybridized carbons (Fsp3) is 0.297. The van der Waals surface area contributed by atoms with Crippen molar-refractivity contribution in [2.45, 2.75) is 81.7 Å². The number of likely N-dealkylation sites (tertiary alicyclic amines) is 1. The molecule has 370 valence electrons. The van der Waals surface area contributed by atoms with Gasteiger partial charge < -0.3 is 4.90 Å². The molecule has 0 N–H and O–H groups in total. The van der Waals surface area contributed by atoms with E-state index in [4.69, 9.17) is 0 Å². The highest BCUT2D eigenvalue weighted by Gasteiger charge is 2.52. The Hall–Kier alpha value is -6.96. The number of nitrogens with zero attached hydrogens (tertiary/aromatic N) is 1. The van der Waals surface area contributed by atoms with E-state index < -0.39 is 0 Å². The molecule has 11 aliphatic rings. The highest BCUT2D eigenvalue weighted by Crippen LogP contribution is 2.57. The maximum Gasteiger partial charge on any atom is 0.0617 e. The van der Waals surface area contributed by atoms with Crippen molar-refractivity contribution in [2.24, 2.45) is 53.3 Å². The zero-order valence-electron chi connectivity index (χ0n) is 43.3. The zero-order chi connectivity index (χ0) is 49.4. The third-order valence-electron chi connectivity index (χ3n) is 20.0. The Morgan fingerprint density at radius 3 is 1.88 bits per heavy atom. The van der Waals surface area contributed by atoms with E-state index in [1.807, 2.05) is 0 Å². The molecule has 0 amide bonds. The van der Waals surface area contributed by atoms with Crippen molar-refractivity contribution in [3.05, 3.63) is 287 Å². The minimum atomic E-state index is 0.311. The molecule has 4 aromatic rings. The average Bonchev–Trinajstić information content (AvgIpc) is 3.82. The minimum absolute atomic E-state index is 0.311. The minimum Gasteiger partial charge on any atom is -0.360 e. The smallest absolute Gasteiger partial charge is 0.0617 e. The lowest BCUT2D eigenvalue weighted by atomic mass is 9.61. The maximum absolute atomic E-state index is 2.94. The topological polar surface area (TPSA) is 3.24 Å². The lowest BCUT2D eigenvalue weighted by Gasteiger charge is -2.44. The summed E-state index contributed by atoms with van der Waals surface area (Å²) in [7, 11) is 0. The molecule has 13 unspecified atom stereocenters. The molecule has 15 rings (SSSR count). The first kappa shape index (κ1) is 45.4. The Bertz CT molecular complexity index is 3500. The van der Waals surface area contributed by atoms with Crippen LogP contribution in [0.2, 0.25) is 0 Å². The van der Waals surface area contributed by atoms with Crippen LogP contribution in [0.4, 0.5) is 0 Å². The summed E-state index contributed by atoms with van der Waals surface area (Å²) in [5, 5.41) is 5.55. The molecule has 1 nitrogen and oxygen atoms in total. The van der Waals surface area contributed by atoms with Crippen LogP contribution < -0.4 is 0 Å². The van der Waals surface area contributed by atoms with Gasteiger partial charge in [0.15, 0.2) is 0 Å². The Balaban J connectivity index is 0.851. The molecule has 1 saturated heterocycles. The molecule has 2 fully saturated rings. The second kappa shape index (κ2) is 19.0. The van der Waals surface area contributed by atoms with Gasteiger partial charge >= 0.3 is 0 Å². The molecule has 1 saturated carbocycles. The van der Waals surface area contributed by atoms with Crippen molar-refractivity contribution < 1.29 is 0 Å². The Morgan fingerprint density at radius 1 is 0.467 bits per heavy atom. The van der Waals surface area contributed by atoms with Gasteiger partial charge in [-0.05, 0) is 148 Å². The number of allylic oxidation sites excluding steroid dienone is 27. The summed E-state index contributed by atoms with van der Waals surface area (Å²) < 4.78 is 0. The van der Waals surface area contributed by atoms with Gasteiger partial charge in [0, 0.05) is 47.1 Å². The highest BCUT2D eigenvalue weighted by molar-refractivity contribution is 5.87. The van der Waals surface area contributed by atoms with E-state index in [0.717, 1.165) is 38.5 Å². The van der Waals surface area contributed by atoms with Gasteiger partial charge in [0.25, 0.3) is 0 Å². The summed E-state index contributed by atoms with van der Waals surface area (Å²) in [4.78, 5) is 2.94. The molecule has 1 aliphatic heterocycles. The monoisotopic (exact) mass is 972 g/mol. The van der Waals surface area contributed by atoms with E-state index in [2.05, 4.69) is 236 Å². The van der Waals surface area contributed by atoms with E-state index in [1.54, 1.807) is 39.0 Å². The standard InChI is InChI=1S/C74H69N/c1-2-26-59(27-3-1)75-73-39-38-52(53-40-54(64-34-14-22-48-18-4-8-28-60(48)64)42-55(41-53)65-35-15-23-49-19-5-9-29-61(49)65)46-71(73)72-47-70(68-32-12-13-33-69(68)74(72)75)58-44-56(66-36-16-24-50-20-6-10-30-62(50)66)43-57(45-58)67-37-17-25-51-21-7-11-31-63(51)67/h1-2,4-11,13-26,28-31,33-40,46-47,49-50,54-58,61-62,71-74H,3,12,27,32,41-45H2. The molecule has 4 aromatic carbocycles. The molecule has 0 aromatic heterocycles. The number of hydrogen-bond acceptors (Lipinski definition) is 1. The number of hydrogen-bond donors (Lipinski definition) is 0. The van der Waals surface area contributed by atoms with Crippen molar-refractivity contribution in [1.29, 1.82) is 0 Å². The van der Waals surface area contributed by atoms with E-state index in [9.17, 15) is 0 Å². The van der Waals surface area contributed by atoms with Gasteiger partial charge in [-0.25, -0.2) is 0 Å². The first-order chi connectivity index (χ1) is 37.2. The second-order valence-corrected chi connectivity index (χ2v) is 23.8. The van der Waals surface area contributed by atoms with Crippen LogP contribution in [0.3, 0.4) is 0 Å². The van der Waals surface area contributed by atoms with Crippen molar-refractivity contribution in [3.8, 4) is 0 Å². The maximum atomic E-state index is 2.94. The van der Waals surface area contributed by atoms with Crippen molar-refractivity contribution >= 4 is 21.5 Å². The van der Waals surface area contributed by atoms with Crippen LogP contribution in [0.15, 0.2) is 275 Å². The van der Waals surface area contributed by atoms with E-state index >= 15 is 0 Å². The zero-order valence-corrected chi connectivity index (χ0v) is 43.3. The Labute approximate surface area is 445 Å². The number of fused-ring (bicyclic) bond motifs is 8. The molecule has 0 bridgehead atoms. The molecule has 10 aliphatic carbocycles. The fourth-order valence-electron chi connectivity index (χ4n) is 16.7. The predicted octanol–water partition coefficient (Wildman–Crippen LogP) is 17.9. The summed E-state index contributed by atoms with van der Waals surface area (Å²) >= 11 is 0. The molecule has 0 spiro atoms. The molecule has 1 heterocycles. The molecule has 0 radical (unpaired) electrons. The van der Waals surface area contributed by atoms with Crippen molar-refractivity contribution in [2.75, 3.05) is 0 Å². The molecule has 13 atom stereocenters. The van der Waals surface area contributed by atoms with Crippen LogP contribution in [0.25, 0.3) is 21.5 Å². The van der Waals surface area contributed by atoms with E-state index in [0.29, 0.717) is 77.2 Å². The van der Waals surface area contributed by atoms with Gasteiger partial charge in [0.2, 0.25) is 0 Å². The summed E-state index contributed by atoms with van der Waals surface area (Å²) in [5.41, 5.74) is 15.8. The SMILES string of the molecule is C1=CCCC(N2C3C=CC(C4=CC(c5cccc6ccccc56)CC(C5=CC=CC6C=CC=CC56)C4)=CC3C3C=C(C4CC(C5=CC=CC6C=CC=CC56)CC(c5cccc6ccccc56)C4)C4=C(C=CCC4)C32)=C1. The normalized spacial score (nSPS) is 34.0. The third kappa shape index (κ3) is 7.94. The van der Waals surface area contributed by atoms with Gasteiger partial charge in [-0.3, -0.25) is 0 Å². The van der Waals surface area contributed by atoms with Gasteiger partial charge in [0.05, 0.1) is 12.1 Å². The molecule has 75 heavy (non-hydrogen) atoms. The number of rotatable bonds is 7. The summed E-state index contributed by atoms with van der Waals surface area (Å²) in [5.74, 6) is 4.80. The van der Waals surface area contributed by atoms with E-state index in [-0.39, 0.29) is 0 Å². The van der Waals surface area contributed by atoms with Crippen LogP contribution in [-0.4, -0.2) is 17.0 Å². The Morgan fingerprint density at radius 2 is 1.12 bits per heavy atom. The summed E-state index contributed by atoms with van der Waals surface area (Å²) in [6.45, 7) is 0. The highest BCUT2D eigenvalue weighted by atomic mass is 15.2. The molecular formula is C74H69N. The first-order valence-electron chi connectivity index (χ1n) is 29.0. The lowest BCUT2D eigenvalue weighted by molar-refractivity contribution is 0.269. The van der Waals surface area contributed by atoms with Crippen LogP contribution in [0, 0.1) is 53.3 Å². The largest absolute Gasteiger partial charge is 0.360 e. The van der Waals surface area contributed by atoms with Crippen LogP contribution >= 0.6 is 0 Å². The fourth-order valence-corrected chi connectivity index (χ4v) is 16.7. The van der Waals surface area contributed by atoms with Crippen molar-refractivity contribution in [3.63, 3.8) is 0 Å². The first-order valence-corrected chi connectivity index (χ1v) is 29.0. The quantitative estimate of drug-likeness (QED) is 0.178. The lowest BCUT2D eigenvalue weighted by Crippen LogP contribution is -2.40. The van der Waals surface area contributed by atoms with E-state index in [1.165, 1.54) is 57.6 Å². The van der Waals surface area contributed by atoms with Crippen molar-refractivity contribution in [1.82, 2.24) is 4.90 Å².